The molecule has 116 valence electrons. The van der Waals surface area contributed by atoms with Crippen LogP contribution in [0.1, 0.15) is 15.9 Å². The van der Waals surface area contributed by atoms with Crippen molar-refractivity contribution in [2.24, 2.45) is 0 Å². The van der Waals surface area contributed by atoms with Crippen molar-refractivity contribution in [3.05, 3.63) is 76.1 Å². The molecule has 2 aromatic carbocycles. The van der Waals surface area contributed by atoms with Crippen molar-refractivity contribution < 1.29 is 9.53 Å². The number of amides is 1. The van der Waals surface area contributed by atoms with E-state index in [4.69, 9.17) is 4.74 Å². The lowest BCUT2D eigenvalue weighted by Crippen LogP contribution is -2.29. The largest absolute Gasteiger partial charge is 0.496 e. The van der Waals surface area contributed by atoms with E-state index in [1.54, 1.807) is 19.2 Å². The minimum Gasteiger partial charge on any atom is -0.496 e. The maximum Gasteiger partial charge on any atom is 0.261 e. The molecular formula is C18H16N2O3. The molecule has 0 atom stereocenters. The minimum atomic E-state index is -0.414. The van der Waals surface area contributed by atoms with Crippen LogP contribution in [0.5, 0.6) is 5.75 Å². The number of carbonyl (C=O) groups is 1. The second-order valence-electron chi connectivity index (χ2n) is 5.09. The third-order valence-electron chi connectivity index (χ3n) is 3.63. The van der Waals surface area contributed by atoms with Crippen LogP contribution in [0.25, 0.3) is 10.9 Å². The van der Waals surface area contributed by atoms with Crippen LogP contribution in [0.3, 0.4) is 0 Å². The minimum absolute atomic E-state index is 0.0959. The number of para-hydroxylation sites is 2. The molecule has 0 aliphatic rings. The van der Waals surface area contributed by atoms with Gasteiger partial charge in [-0.15, -0.1) is 0 Å². The number of ether oxygens (including phenoxy) is 1. The molecular weight excluding hydrogens is 292 g/mol. The van der Waals surface area contributed by atoms with Crippen LogP contribution in [0, 0.1) is 0 Å². The van der Waals surface area contributed by atoms with Crippen molar-refractivity contribution in [3.63, 3.8) is 0 Å². The highest BCUT2D eigenvalue weighted by Gasteiger charge is 2.12. The molecule has 0 spiro atoms. The van der Waals surface area contributed by atoms with Gasteiger partial charge in [0.25, 0.3) is 11.5 Å². The molecule has 0 aliphatic heterocycles. The molecule has 3 rings (SSSR count). The molecule has 5 heteroatoms. The first kappa shape index (κ1) is 14.8. The van der Waals surface area contributed by atoms with E-state index in [1.165, 1.54) is 0 Å². The zero-order chi connectivity index (χ0) is 16.2. The molecule has 0 saturated heterocycles. The number of pyridine rings is 1. The molecule has 1 aromatic heterocycles. The van der Waals surface area contributed by atoms with Gasteiger partial charge < -0.3 is 15.0 Å². The third-order valence-corrected chi connectivity index (χ3v) is 3.63. The molecule has 5 nitrogen and oxygen atoms in total. The van der Waals surface area contributed by atoms with Gasteiger partial charge in [0, 0.05) is 17.6 Å². The standard InChI is InChI=1S/C18H16N2O3/c1-23-16-9-5-3-7-13(16)11-19-17(21)14-10-12-6-2-4-8-15(12)20-18(14)22/h2-10H,11H2,1H3,(H,19,21)(H,20,22). The highest BCUT2D eigenvalue weighted by molar-refractivity contribution is 5.97. The van der Waals surface area contributed by atoms with Gasteiger partial charge in [0.05, 0.1) is 7.11 Å². The summed E-state index contributed by atoms with van der Waals surface area (Å²) in [5.74, 6) is 0.281. The van der Waals surface area contributed by atoms with Gasteiger partial charge in [-0.2, -0.15) is 0 Å². The lowest BCUT2D eigenvalue weighted by atomic mass is 10.1. The molecule has 1 heterocycles. The van der Waals surface area contributed by atoms with Crippen molar-refractivity contribution in [2.75, 3.05) is 7.11 Å². The maximum atomic E-state index is 12.3. The zero-order valence-corrected chi connectivity index (χ0v) is 12.6. The lowest BCUT2D eigenvalue weighted by molar-refractivity contribution is 0.0949. The van der Waals surface area contributed by atoms with Crippen LogP contribution in [0.4, 0.5) is 0 Å². The van der Waals surface area contributed by atoms with Gasteiger partial charge in [0.1, 0.15) is 11.3 Å². The van der Waals surface area contributed by atoms with E-state index >= 15 is 0 Å². The second-order valence-corrected chi connectivity index (χ2v) is 5.09. The average Bonchev–Trinajstić information content (AvgIpc) is 2.59. The highest BCUT2D eigenvalue weighted by atomic mass is 16.5. The Morgan fingerprint density at radius 2 is 1.87 bits per heavy atom. The van der Waals surface area contributed by atoms with Crippen molar-refractivity contribution >= 4 is 16.8 Å². The van der Waals surface area contributed by atoms with Crippen molar-refractivity contribution in [2.45, 2.75) is 6.54 Å². The van der Waals surface area contributed by atoms with E-state index in [9.17, 15) is 9.59 Å². The molecule has 0 radical (unpaired) electrons. The van der Waals surface area contributed by atoms with Crippen LogP contribution in [-0.2, 0) is 6.54 Å². The number of carbonyl (C=O) groups excluding carboxylic acids is 1. The predicted octanol–water partition coefficient (Wildman–Crippen LogP) is 2.47. The molecule has 0 saturated carbocycles. The Morgan fingerprint density at radius 1 is 1.13 bits per heavy atom. The quantitative estimate of drug-likeness (QED) is 0.778. The first-order valence-electron chi connectivity index (χ1n) is 7.21. The topological polar surface area (TPSA) is 71.2 Å². The first-order chi connectivity index (χ1) is 11.2. The van der Waals surface area contributed by atoms with E-state index in [0.717, 1.165) is 10.9 Å². The van der Waals surface area contributed by atoms with Gasteiger partial charge in [0.2, 0.25) is 0 Å². The smallest absolute Gasteiger partial charge is 0.261 e. The lowest BCUT2D eigenvalue weighted by Gasteiger charge is -2.09. The first-order valence-corrected chi connectivity index (χ1v) is 7.21. The van der Waals surface area contributed by atoms with Crippen molar-refractivity contribution in [1.29, 1.82) is 0 Å². The van der Waals surface area contributed by atoms with Crippen LogP contribution in [-0.4, -0.2) is 18.0 Å². The summed E-state index contributed by atoms with van der Waals surface area (Å²) in [7, 11) is 1.58. The van der Waals surface area contributed by atoms with E-state index in [-0.39, 0.29) is 12.1 Å². The van der Waals surface area contributed by atoms with Crippen LogP contribution >= 0.6 is 0 Å². The summed E-state index contributed by atoms with van der Waals surface area (Å²) in [4.78, 5) is 27.1. The fourth-order valence-corrected chi connectivity index (χ4v) is 2.44. The van der Waals surface area contributed by atoms with Crippen molar-refractivity contribution in [3.8, 4) is 5.75 Å². The second kappa shape index (κ2) is 6.36. The van der Waals surface area contributed by atoms with Crippen LogP contribution < -0.4 is 15.6 Å². The summed E-state index contributed by atoms with van der Waals surface area (Å²) in [6.07, 6.45) is 0. The van der Waals surface area contributed by atoms with Crippen molar-refractivity contribution in [1.82, 2.24) is 10.3 Å². The highest BCUT2D eigenvalue weighted by Crippen LogP contribution is 2.17. The van der Waals surface area contributed by atoms with Crippen LogP contribution in [0.2, 0.25) is 0 Å². The van der Waals surface area contributed by atoms with Gasteiger partial charge >= 0.3 is 0 Å². The Kier molecular flexibility index (Phi) is 4.10. The molecule has 0 bridgehead atoms. The number of aromatic nitrogens is 1. The third kappa shape index (κ3) is 3.08. The van der Waals surface area contributed by atoms with E-state index < -0.39 is 11.5 Å². The Balaban J connectivity index is 1.83. The Labute approximate surface area is 132 Å². The number of hydrogen-bond donors (Lipinski definition) is 2. The van der Waals surface area contributed by atoms with Gasteiger partial charge in [-0.1, -0.05) is 36.4 Å². The maximum absolute atomic E-state index is 12.3. The van der Waals surface area contributed by atoms with Gasteiger partial charge in [-0.05, 0) is 23.6 Å². The molecule has 23 heavy (non-hydrogen) atoms. The zero-order valence-electron chi connectivity index (χ0n) is 12.6. The average molecular weight is 308 g/mol. The van der Waals surface area contributed by atoms with E-state index in [0.29, 0.717) is 11.3 Å². The van der Waals surface area contributed by atoms with E-state index in [2.05, 4.69) is 10.3 Å². The number of fused-ring (bicyclic) bond motifs is 1. The summed E-state index contributed by atoms with van der Waals surface area (Å²) in [5.41, 5.74) is 1.25. The molecule has 0 fully saturated rings. The molecule has 3 aromatic rings. The summed E-state index contributed by atoms with van der Waals surface area (Å²) < 4.78 is 5.25. The SMILES string of the molecule is COc1ccccc1CNC(=O)c1cc2ccccc2[nH]c1=O. The Hall–Kier alpha value is -3.08. The van der Waals surface area contributed by atoms with Crippen LogP contribution in [0.15, 0.2) is 59.4 Å². The van der Waals surface area contributed by atoms with Gasteiger partial charge in [0.15, 0.2) is 0 Å². The number of nitrogens with one attached hydrogen (secondary N) is 2. The Morgan fingerprint density at radius 3 is 2.70 bits per heavy atom. The van der Waals surface area contributed by atoms with Gasteiger partial charge in [-0.25, -0.2) is 0 Å². The summed E-state index contributed by atoms with van der Waals surface area (Å²) in [5, 5.41) is 3.57. The predicted molar refractivity (Wildman–Crippen MR) is 88.7 cm³/mol. The Bertz CT molecular complexity index is 915. The molecule has 1 amide bonds. The normalized spacial score (nSPS) is 10.5. The number of benzene rings is 2. The van der Waals surface area contributed by atoms with E-state index in [1.807, 2.05) is 42.5 Å². The summed E-state index contributed by atoms with van der Waals surface area (Å²) >= 11 is 0. The summed E-state index contributed by atoms with van der Waals surface area (Å²) in [6, 6.07) is 16.4. The molecule has 0 unspecified atom stereocenters. The monoisotopic (exact) mass is 308 g/mol. The number of hydrogen-bond acceptors (Lipinski definition) is 3. The van der Waals surface area contributed by atoms with Gasteiger partial charge in [-0.3, -0.25) is 9.59 Å². The summed E-state index contributed by atoms with van der Waals surface area (Å²) in [6.45, 7) is 0.287. The fourth-order valence-electron chi connectivity index (χ4n) is 2.44. The number of H-pyrrole nitrogens is 1. The number of rotatable bonds is 4. The number of aromatic amines is 1. The number of methoxy groups -OCH3 is 1. The fraction of sp³-hybridized carbons (Fsp3) is 0.111. The molecule has 0 aliphatic carbocycles. The molecule has 2 N–H and O–H groups in total.